The van der Waals surface area contributed by atoms with E-state index in [2.05, 4.69) is 5.32 Å². The van der Waals surface area contributed by atoms with Gasteiger partial charge in [-0.1, -0.05) is 12.1 Å². The first-order valence-corrected chi connectivity index (χ1v) is 10.4. The number of amides is 1. The molecule has 1 aliphatic rings. The number of benzene rings is 2. The van der Waals surface area contributed by atoms with E-state index in [4.69, 9.17) is 4.74 Å². The number of rotatable bonds is 6. The van der Waals surface area contributed by atoms with Gasteiger partial charge < -0.3 is 10.1 Å². The molecule has 0 bridgehead atoms. The fourth-order valence-corrected chi connectivity index (χ4v) is 5.22. The first kappa shape index (κ1) is 20.7. The summed E-state index contributed by atoms with van der Waals surface area (Å²) < 4.78 is 32.8. The van der Waals surface area contributed by atoms with Crippen molar-refractivity contribution in [3.63, 3.8) is 0 Å². The van der Waals surface area contributed by atoms with Crippen LogP contribution in [0.3, 0.4) is 0 Å². The molecule has 0 aliphatic carbocycles. The molecular weight excluding hydrogens is 398 g/mol. The minimum atomic E-state index is -3.93. The number of nitrogens with zero attached hydrogens (tertiary/aromatic N) is 2. The van der Waals surface area contributed by atoms with Crippen molar-refractivity contribution in [2.24, 2.45) is 0 Å². The van der Waals surface area contributed by atoms with Crippen LogP contribution in [0.15, 0.2) is 47.4 Å². The molecule has 0 spiro atoms. The summed E-state index contributed by atoms with van der Waals surface area (Å²) in [5.74, 6) is -0.113. The molecule has 10 heteroatoms. The molecule has 29 heavy (non-hydrogen) atoms. The molecule has 1 unspecified atom stereocenters. The van der Waals surface area contributed by atoms with Crippen LogP contribution >= 0.6 is 0 Å². The monoisotopic (exact) mass is 419 g/mol. The van der Waals surface area contributed by atoms with E-state index >= 15 is 0 Å². The molecule has 1 aliphatic heterocycles. The summed E-state index contributed by atoms with van der Waals surface area (Å²) in [5.41, 5.74) is 0.632. The average Bonchev–Trinajstić information content (AvgIpc) is 3.19. The second kappa shape index (κ2) is 8.18. The Hall–Kier alpha value is -2.98. The summed E-state index contributed by atoms with van der Waals surface area (Å²) in [6.45, 7) is 1.90. The van der Waals surface area contributed by atoms with Gasteiger partial charge in [0.1, 0.15) is 11.8 Å². The Labute approximate surface area is 168 Å². The van der Waals surface area contributed by atoms with Gasteiger partial charge in [-0.3, -0.25) is 14.9 Å². The average molecular weight is 419 g/mol. The Bertz CT molecular complexity index is 1050. The van der Waals surface area contributed by atoms with Crippen LogP contribution in [0.4, 0.5) is 11.4 Å². The minimum absolute atomic E-state index is 0.0897. The Morgan fingerprint density at radius 3 is 2.72 bits per heavy atom. The van der Waals surface area contributed by atoms with Crippen molar-refractivity contribution in [2.45, 2.75) is 30.7 Å². The molecule has 9 nitrogen and oxygen atoms in total. The zero-order valence-corrected chi connectivity index (χ0v) is 16.8. The van der Waals surface area contributed by atoms with Gasteiger partial charge in [-0.25, -0.2) is 8.42 Å². The third-order valence-corrected chi connectivity index (χ3v) is 6.86. The second-order valence-electron chi connectivity index (χ2n) is 6.70. The normalized spacial score (nSPS) is 17.1. The van der Waals surface area contributed by atoms with Gasteiger partial charge in [0.25, 0.3) is 5.69 Å². The van der Waals surface area contributed by atoms with E-state index in [1.54, 1.807) is 19.1 Å². The van der Waals surface area contributed by atoms with Crippen LogP contribution in [0, 0.1) is 17.0 Å². The van der Waals surface area contributed by atoms with Gasteiger partial charge in [0.15, 0.2) is 0 Å². The Balaban J connectivity index is 1.86. The van der Waals surface area contributed by atoms with E-state index in [1.165, 1.54) is 41.7 Å². The van der Waals surface area contributed by atoms with Crippen LogP contribution in [0.1, 0.15) is 18.4 Å². The number of hydrogen-bond acceptors (Lipinski definition) is 6. The number of sulfonamides is 1. The molecule has 1 N–H and O–H groups in total. The summed E-state index contributed by atoms with van der Waals surface area (Å²) in [6, 6.07) is 9.39. The molecule has 1 atom stereocenters. The quantitative estimate of drug-likeness (QED) is 0.568. The van der Waals surface area contributed by atoms with Gasteiger partial charge >= 0.3 is 0 Å². The lowest BCUT2D eigenvalue weighted by atomic mass is 10.2. The molecule has 1 saturated heterocycles. The maximum absolute atomic E-state index is 13.2. The number of aryl methyl sites for hydroxylation is 1. The lowest BCUT2D eigenvalue weighted by molar-refractivity contribution is -0.384. The van der Waals surface area contributed by atoms with Crippen molar-refractivity contribution in [3.05, 3.63) is 58.1 Å². The highest BCUT2D eigenvalue weighted by Crippen LogP contribution is 2.31. The van der Waals surface area contributed by atoms with Crippen molar-refractivity contribution in [1.82, 2.24) is 4.31 Å². The maximum atomic E-state index is 13.2. The van der Waals surface area contributed by atoms with Crippen molar-refractivity contribution < 1.29 is 22.9 Å². The van der Waals surface area contributed by atoms with Crippen LogP contribution < -0.4 is 10.1 Å². The topological polar surface area (TPSA) is 119 Å². The number of methoxy groups -OCH3 is 1. The number of ether oxygens (including phenoxy) is 1. The number of nitro groups is 1. The highest BCUT2D eigenvalue weighted by Gasteiger charge is 2.40. The second-order valence-corrected chi connectivity index (χ2v) is 8.56. The molecule has 0 radical (unpaired) electrons. The first-order chi connectivity index (χ1) is 13.7. The predicted octanol–water partition coefficient (Wildman–Crippen LogP) is 2.70. The highest BCUT2D eigenvalue weighted by atomic mass is 32.2. The summed E-state index contributed by atoms with van der Waals surface area (Å²) in [7, 11) is -2.48. The van der Waals surface area contributed by atoms with Crippen LogP contribution in [0.25, 0.3) is 0 Å². The molecule has 3 rings (SSSR count). The van der Waals surface area contributed by atoms with Gasteiger partial charge in [0, 0.05) is 30.4 Å². The van der Waals surface area contributed by atoms with E-state index in [0.29, 0.717) is 24.2 Å². The molecule has 0 aromatic heterocycles. The number of carbonyl (C=O) groups excluding carboxylic acids is 1. The molecule has 2 aromatic rings. The zero-order valence-electron chi connectivity index (χ0n) is 16.0. The largest absolute Gasteiger partial charge is 0.497 e. The summed E-state index contributed by atoms with van der Waals surface area (Å²) >= 11 is 0. The van der Waals surface area contributed by atoms with E-state index in [9.17, 15) is 23.3 Å². The molecule has 1 fully saturated rings. The zero-order chi connectivity index (χ0) is 21.2. The fourth-order valence-electron chi connectivity index (χ4n) is 3.32. The SMILES string of the molecule is COc1ccc(C)c(S(=O)(=O)N2CCCC2C(=O)Nc2cccc([N+](=O)[O-])c2)c1. The summed E-state index contributed by atoms with van der Waals surface area (Å²) in [4.78, 5) is 23.2. The molecule has 2 aromatic carbocycles. The van der Waals surface area contributed by atoms with Crippen molar-refractivity contribution >= 4 is 27.3 Å². The fraction of sp³-hybridized carbons (Fsp3) is 0.316. The van der Waals surface area contributed by atoms with Gasteiger partial charge in [-0.05, 0) is 37.5 Å². The van der Waals surface area contributed by atoms with Crippen LogP contribution in [-0.4, -0.2) is 43.2 Å². The lowest BCUT2D eigenvalue weighted by Crippen LogP contribution is -2.43. The molecular formula is C19H21N3O6S. The van der Waals surface area contributed by atoms with Crippen LogP contribution in [0.2, 0.25) is 0 Å². The van der Waals surface area contributed by atoms with Crippen molar-refractivity contribution in [2.75, 3.05) is 19.0 Å². The highest BCUT2D eigenvalue weighted by molar-refractivity contribution is 7.89. The van der Waals surface area contributed by atoms with Gasteiger partial charge in [-0.15, -0.1) is 0 Å². The molecule has 0 saturated carbocycles. The molecule has 1 heterocycles. The number of nitrogens with one attached hydrogen (secondary N) is 1. The Morgan fingerprint density at radius 2 is 2.03 bits per heavy atom. The third-order valence-electron chi connectivity index (χ3n) is 4.81. The van der Waals surface area contributed by atoms with Gasteiger partial charge in [0.2, 0.25) is 15.9 Å². The number of carbonyl (C=O) groups is 1. The first-order valence-electron chi connectivity index (χ1n) is 8.96. The van der Waals surface area contributed by atoms with E-state index in [1.807, 2.05) is 0 Å². The Kier molecular flexibility index (Phi) is 5.85. The number of anilines is 1. The Morgan fingerprint density at radius 1 is 1.28 bits per heavy atom. The van der Waals surface area contributed by atoms with Crippen molar-refractivity contribution in [1.29, 1.82) is 0 Å². The number of hydrogen-bond donors (Lipinski definition) is 1. The summed E-state index contributed by atoms with van der Waals surface area (Å²) in [6.07, 6.45) is 0.901. The standard InChI is InChI=1S/C19H21N3O6S/c1-13-8-9-16(28-2)12-18(13)29(26,27)21-10-4-7-17(21)19(23)20-14-5-3-6-15(11-14)22(24)25/h3,5-6,8-9,11-12,17H,4,7,10H2,1-2H3,(H,20,23). The van der Waals surface area contributed by atoms with Crippen LogP contribution in [-0.2, 0) is 14.8 Å². The van der Waals surface area contributed by atoms with Crippen molar-refractivity contribution in [3.8, 4) is 5.75 Å². The van der Waals surface area contributed by atoms with Crippen LogP contribution in [0.5, 0.6) is 5.75 Å². The maximum Gasteiger partial charge on any atom is 0.271 e. The molecule has 1 amide bonds. The van der Waals surface area contributed by atoms with E-state index in [0.717, 1.165) is 0 Å². The third kappa shape index (κ3) is 4.22. The summed E-state index contributed by atoms with van der Waals surface area (Å²) in [5, 5.41) is 13.5. The van der Waals surface area contributed by atoms with Gasteiger partial charge in [-0.2, -0.15) is 4.31 Å². The minimum Gasteiger partial charge on any atom is -0.497 e. The van der Waals surface area contributed by atoms with Gasteiger partial charge in [0.05, 0.1) is 16.9 Å². The predicted molar refractivity (Wildman–Crippen MR) is 106 cm³/mol. The number of non-ortho nitro benzene ring substituents is 1. The molecule has 154 valence electrons. The smallest absolute Gasteiger partial charge is 0.271 e. The number of nitro benzene ring substituents is 1. The lowest BCUT2D eigenvalue weighted by Gasteiger charge is -2.24. The van der Waals surface area contributed by atoms with E-state index in [-0.39, 0.29) is 22.8 Å². The van der Waals surface area contributed by atoms with E-state index < -0.39 is 26.9 Å².